The average molecular weight is 360 g/mol. The maximum atomic E-state index is 11.6. The van der Waals surface area contributed by atoms with E-state index in [1.165, 1.54) is 6.07 Å². The summed E-state index contributed by atoms with van der Waals surface area (Å²) in [4.78, 5) is 27.3. The molecule has 1 aromatic carbocycles. The molecule has 0 saturated heterocycles. The van der Waals surface area contributed by atoms with Gasteiger partial charge in [0.05, 0.1) is 13.2 Å². The molecule has 2 aromatic rings. The van der Waals surface area contributed by atoms with Gasteiger partial charge in [-0.2, -0.15) is 4.98 Å². The highest BCUT2D eigenvalue weighted by molar-refractivity contribution is 5.68. The summed E-state index contributed by atoms with van der Waals surface area (Å²) in [6.45, 7) is 4.09. The third-order valence-corrected chi connectivity index (χ3v) is 3.04. The van der Waals surface area contributed by atoms with Crippen LogP contribution in [0.4, 0.5) is 15.4 Å². The van der Waals surface area contributed by atoms with Gasteiger partial charge in [-0.15, -0.1) is 0 Å². The van der Waals surface area contributed by atoms with E-state index in [0.717, 1.165) is 5.56 Å². The molecule has 0 spiro atoms. The predicted octanol–water partition coefficient (Wildman–Crippen LogP) is 3.76. The second-order valence-electron chi connectivity index (χ2n) is 4.91. The third-order valence-electron chi connectivity index (χ3n) is 3.04. The Labute approximate surface area is 151 Å². The maximum absolute atomic E-state index is 11.6. The summed E-state index contributed by atoms with van der Waals surface area (Å²) >= 11 is 0. The Morgan fingerprint density at radius 3 is 2.23 bits per heavy atom. The second kappa shape index (κ2) is 9.87. The van der Waals surface area contributed by atoms with Crippen molar-refractivity contribution in [1.82, 2.24) is 4.98 Å². The van der Waals surface area contributed by atoms with Crippen molar-refractivity contribution >= 4 is 18.1 Å². The molecule has 8 heteroatoms. The van der Waals surface area contributed by atoms with Gasteiger partial charge in [-0.3, -0.25) is 0 Å². The predicted molar refractivity (Wildman–Crippen MR) is 93.3 cm³/mol. The fraction of sp³-hybridized carbons (Fsp3) is 0.278. The highest BCUT2D eigenvalue weighted by atomic mass is 16.7. The number of rotatable bonds is 7. The lowest BCUT2D eigenvalue weighted by Crippen LogP contribution is -2.15. The topological polar surface area (TPSA) is 96.0 Å². The number of carbonyl (C=O) groups is 2. The van der Waals surface area contributed by atoms with E-state index in [9.17, 15) is 9.59 Å². The van der Waals surface area contributed by atoms with E-state index < -0.39 is 12.3 Å². The van der Waals surface area contributed by atoms with Gasteiger partial charge in [0.2, 0.25) is 0 Å². The molecule has 0 atom stereocenters. The van der Waals surface area contributed by atoms with Crippen molar-refractivity contribution < 1.29 is 28.5 Å². The van der Waals surface area contributed by atoms with Crippen LogP contribution in [0.1, 0.15) is 19.4 Å². The van der Waals surface area contributed by atoms with Crippen molar-refractivity contribution in [3.63, 3.8) is 0 Å². The fourth-order valence-electron chi connectivity index (χ4n) is 1.93. The van der Waals surface area contributed by atoms with E-state index in [1.807, 2.05) is 30.3 Å². The monoisotopic (exact) mass is 360 g/mol. The quantitative estimate of drug-likeness (QED) is 0.746. The number of hydrogen-bond donors (Lipinski definition) is 1. The molecular formula is C18H20N2O6. The van der Waals surface area contributed by atoms with Gasteiger partial charge in [-0.25, -0.2) is 9.59 Å². The van der Waals surface area contributed by atoms with Crippen LogP contribution >= 0.6 is 0 Å². The standard InChI is InChI=1S/C18H20N2O6/c1-3-23-17(21)25-14-10-11-15(19-12-13-8-6-5-7-9-13)20-16(14)26-18(22)24-4-2/h5-11H,3-4,12H2,1-2H3,(H,19,20). The van der Waals surface area contributed by atoms with Crippen LogP contribution in [0, 0.1) is 0 Å². The molecule has 1 N–H and O–H groups in total. The van der Waals surface area contributed by atoms with Crippen LogP contribution in [-0.4, -0.2) is 30.5 Å². The molecule has 0 aliphatic heterocycles. The Hall–Kier alpha value is -3.29. The molecular weight excluding hydrogens is 340 g/mol. The number of nitrogens with zero attached hydrogens (tertiary/aromatic N) is 1. The van der Waals surface area contributed by atoms with Crippen molar-refractivity contribution in [2.75, 3.05) is 18.5 Å². The van der Waals surface area contributed by atoms with Crippen LogP contribution in [0.5, 0.6) is 11.6 Å². The first kappa shape index (κ1) is 19.0. The SMILES string of the molecule is CCOC(=O)Oc1ccc(NCc2ccccc2)nc1OC(=O)OCC. The lowest BCUT2D eigenvalue weighted by Gasteiger charge is -2.12. The minimum atomic E-state index is -0.950. The first-order valence-electron chi connectivity index (χ1n) is 8.10. The first-order valence-corrected chi connectivity index (χ1v) is 8.10. The molecule has 2 rings (SSSR count). The van der Waals surface area contributed by atoms with Gasteiger partial charge >= 0.3 is 12.3 Å². The Balaban J connectivity index is 2.14. The largest absolute Gasteiger partial charge is 0.515 e. The fourth-order valence-corrected chi connectivity index (χ4v) is 1.93. The van der Waals surface area contributed by atoms with Crippen LogP contribution in [0.2, 0.25) is 0 Å². The normalized spacial score (nSPS) is 9.92. The van der Waals surface area contributed by atoms with Crippen molar-refractivity contribution in [1.29, 1.82) is 0 Å². The van der Waals surface area contributed by atoms with Gasteiger partial charge in [-0.05, 0) is 31.5 Å². The zero-order valence-electron chi connectivity index (χ0n) is 14.6. The summed E-state index contributed by atoms with van der Waals surface area (Å²) in [6, 6.07) is 12.7. The van der Waals surface area contributed by atoms with Crippen molar-refractivity contribution in [2.45, 2.75) is 20.4 Å². The third kappa shape index (κ3) is 5.97. The Bertz CT molecular complexity index is 736. The molecule has 0 unspecified atom stereocenters. The van der Waals surface area contributed by atoms with E-state index >= 15 is 0 Å². The van der Waals surface area contributed by atoms with E-state index in [-0.39, 0.29) is 24.8 Å². The summed E-state index contributed by atoms with van der Waals surface area (Å²) in [5, 5.41) is 3.10. The van der Waals surface area contributed by atoms with Gasteiger partial charge in [-0.1, -0.05) is 30.3 Å². The summed E-state index contributed by atoms with van der Waals surface area (Å²) in [6.07, 6.45) is -1.87. The molecule has 0 aliphatic carbocycles. The van der Waals surface area contributed by atoms with Gasteiger partial charge in [0.15, 0.2) is 5.75 Å². The average Bonchev–Trinajstić information content (AvgIpc) is 2.63. The minimum absolute atomic E-state index is 0.0539. The zero-order valence-corrected chi connectivity index (χ0v) is 14.6. The van der Waals surface area contributed by atoms with Gasteiger partial charge in [0.25, 0.3) is 5.88 Å². The number of pyridine rings is 1. The van der Waals surface area contributed by atoms with Crippen molar-refractivity contribution in [3.05, 3.63) is 48.0 Å². The molecule has 0 saturated carbocycles. The maximum Gasteiger partial charge on any atom is 0.515 e. The van der Waals surface area contributed by atoms with Crippen LogP contribution < -0.4 is 14.8 Å². The molecule has 0 amide bonds. The molecule has 0 fully saturated rings. The minimum Gasteiger partial charge on any atom is -0.434 e. The number of aromatic nitrogens is 1. The highest BCUT2D eigenvalue weighted by Gasteiger charge is 2.17. The number of benzene rings is 1. The molecule has 0 radical (unpaired) electrons. The molecule has 1 aromatic heterocycles. The van der Waals surface area contributed by atoms with Gasteiger partial charge in [0.1, 0.15) is 5.82 Å². The molecule has 1 heterocycles. The number of anilines is 1. The second-order valence-corrected chi connectivity index (χ2v) is 4.91. The lowest BCUT2D eigenvalue weighted by molar-refractivity contribution is 0.0925. The molecule has 26 heavy (non-hydrogen) atoms. The number of carbonyl (C=O) groups excluding carboxylic acids is 2. The van der Waals surface area contributed by atoms with Crippen LogP contribution in [0.15, 0.2) is 42.5 Å². The molecule has 0 aliphatic rings. The lowest BCUT2D eigenvalue weighted by atomic mass is 10.2. The van der Waals surface area contributed by atoms with Crippen molar-refractivity contribution in [2.24, 2.45) is 0 Å². The summed E-state index contributed by atoms with van der Waals surface area (Å²) in [7, 11) is 0. The zero-order chi connectivity index (χ0) is 18.8. The summed E-state index contributed by atoms with van der Waals surface area (Å²) in [5.41, 5.74) is 1.05. The van der Waals surface area contributed by atoms with Crippen LogP contribution in [0.3, 0.4) is 0 Å². The molecule has 8 nitrogen and oxygen atoms in total. The van der Waals surface area contributed by atoms with Gasteiger partial charge in [0, 0.05) is 6.54 Å². The highest BCUT2D eigenvalue weighted by Crippen LogP contribution is 2.28. The molecule has 138 valence electrons. The van der Waals surface area contributed by atoms with Crippen LogP contribution in [0.25, 0.3) is 0 Å². The van der Waals surface area contributed by atoms with Crippen LogP contribution in [-0.2, 0) is 16.0 Å². The van der Waals surface area contributed by atoms with E-state index in [2.05, 4.69) is 10.3 Å². The Kier molecular flexibility index (Phi) is 7.23. The van der Waals surface area contributed by atoms with E-state index in [0.29, 0.717) is 12.4 Å². The number of ether oxygens (including phenoxy) is 4. The number of hydrogen-bond acceptors (Lipinski definition) is 8. The first-order chi connectivity index (χ1) is 12.6. The summed E-state index contributed by atoms with van der Waals surface area (Å²) < 4.78 is 19.5. The van der Waals surface area contributed by atoms with Gasteiger partial charge < -0.3 is 24.3 Å². The van der Waals surface area contributed by atoms with Crippen molar-refractivity contribution in [3.8, 4) is 11.6 Å². The Morgan fingerprint density at radius 1 is 0.923 bits per heavy atom. The van der Waals surface area contributed by atoms with E-state index in [4.69, 9.17) is 18.9 Å². The number of nitrogens with one attached hydrogen (secondary N) is 1. The molecule has 0 bridgehead atoms. The smallest absolute Gasteiger partial charge is 0.434 e. The van der Waals surface area contributed by atoms with E-state index in [1.54, 1.807) is 19.9 Å². The summed E-state index contributed by atoms with van der Waals surface area (Å²) in [5.74, 6) is 0.181. The Morgan fingerprint density at radius 2 is 1.58 bits per heavy atom.